The van der Waals surface area contributed by atoms with Crippen LogP contribution in [-0.2, 0) is 6.54 Å². The summed E-state index contributed by atoms with van der Waals surface area (Å²) in [7, 11) is 2.12. The van der Waals surface area contributed by atoms with Crippen molar-refractivity contribution in [3.63, 3.8) is 0 Å². The molecule has 0 saturated carbocycles. The molecule has 0 spiro atoms. The molecule has 0 amide bonds. The molecule has 0 bridgehead atoms. The van der Waals surface area contributed by atoms with E-state index in [1.165, 1.54) is 0 Å². The second-order valence-corrected chi connectivity index (χ2v) is 3.84. The summed E-state index contributed by atoms with van der Waals surface area (Å²) in [6, 6.07) is 2.24. The zero-order valence-electron chi connectivity index (χ0n) is 9.06. The lowest BCUT2D eigenvalue weighted by atomic mass is 10.2. The molecule has 2 N–H and O–H groups in total. The van der Waals surface area contributed by atoms with Gasteiger partial charge in [0.2, 0.25) is 0 Å². The van der Waals surface area contributed by atoms with Crippen LogP contribution in [0.4, 0.5) is 0 Å². The molecule has 0 aromatic carbocycles. The fraction of sp³-hybridized carbons (Fsp3) is 0.700. The van der Waals surface area contributed by atoms with Crippen molar-refractivity contribution >= 4 is 0 Å². The van der Waals surface area contributed by atoms with Crippen molar-refractivity contribution in [2.24, 2.45) is 5.73 Å². The minimum atomic E-state index is 0.294. The van der Waals surface area contributed by atoms with E-state index in [-0.39, 0.29) is 0 Å². The number of rotatable bonds is 6. The van der Waals surface area contributed by atoms with Gasteiger partial charge in [-0.1, -0.05) is 0 Å². The summed E-state index contributed by atoms with van der Waals surface area (Å²) >= 11 is 0. The normalized spacial score (nSPS) is 13.4. The molecule has 0 aliphatic carbocycles. The highest BCUT2D eigenvalue weighted by Crippen LogP contribution is 1.92. The van der Waals surface area contributed by atoms with E-state index in [2.05, 4.69) is 17.0 Å². The number of nitrogens with two attached hydrogens (primary N) is 1. The third-order valence-corrected chi connectivity index (χ3v) is 2.24. The van der Waals surface area contributed by atoms with E-state index in [4.69, 9.17) is 5.73 Å². The largest absolute Gasteiger partial charge is 0.328 e. The average Bonchev–Trinajstić information content (AvgIpc) is 2.63. The smallest absolute Gasteiger partial charge is 0.0536 e. The van der Waals surface area contributed by atoms with Crippen molar-refractivity contribution in [1.29, 1.82) is 0 Å². The van der Waals surface area contributed by atoms with Crippen LogP contribution in [0.5, 0.6) is 0 Å². The molecule has 1 heterocycles. The minimum Gasteiger partial charge on any atom is -0.328 e. The number of likely N-dealkylation sites (N-methyl/N-ethyl adjacent to an activating group) is 1. The second kappa shape index (κ2) is 5.78. The Morgan fingerprint density at radius 1 is 1.50 bits per heavy atom. The Kier molecular flexibility index (Phi) is 4.62. The molecule has 1 atom stereocenters. The Bertz CT molecular complexity index is 230. The van der Waals surface area contributed by atoms with Crippen LogP contribution in [0.15, 0.2) is 18.5 Å². The fourth-order valence-electron chi connectivity index (χ4n) is 1.24. The van der Waals surface area contributed by atoms with E-state index in [1.807, 2.05) is 30.1 Å². The van der Waals surface area contributed by atoms with Crippen LogP contribution < -0.4 is 5.73 Å². The molecule has 0 fully saturated rings. The molecule has 0 radical (unpaired) electrons. The summed E-state index contributed by atoms with van der Waals surface area (Å²) in [4.78, 5) is 2.28. The molecule has 0 aliphatic rings. The molecule has 1 unspecified atom stereocenters. The Morgan fingerprint density at radius 3 is 2.86 bits per heavy atom. The third kappa shape index (κ3) is 4.39. The van der Waals surface area contributed by atoms with E-state index in [0.717, 1.165) is 26.1 Å². The lowest BCUT2D eigenvalue weighted by molar-refractivity contribution is 0.301. The van der Waals surface area contributed by atoms with Crippen LogP contribution in [0, 0.1) is 0 Å². The molecule has 80 valence electrons. The Balaban J connectivity index is 2.12. The Morgan fingerprint density at radius 2 is 2.29 bits per heavy atom. The van der Waals surface area contributed by atoms with Gasteiger partial charge >= 0.3 is 0 Å². The molecule has 14 heavy (non-hydrogen) atoms. The quantitative estimate of drug-likeness (QED) is 0.723. The van der Waals surface area contributed by atoms with Crippen molar-refractivity contribution in [2.45, 2.75) is 25.9 Å². The molecule has 1 aromatic rings. The van der Waals surface area contributed by atoms with Gasteiger partial charge < -0.3 is 10.6 Å². The van der Waals surface area contributed by atoms with Gasteiger partial charge in [0.05, 0.1) is 6.54 Å². The van der Waals surface area contributed by atoms with Crippen molar-refractivity contribution in [3.05, 3.63) is 18.5 Å². The summed E-state index contributed by atoms with van der Waals surface area (Å²) in [5.41, 5.74) is 5.69. The van der Waals surface area contributed by atoms with Gasteiger partial charge in [-0.05, 0) is 33.0 Å². The second-order valence-electron chi connectivity index (χ2n) is 3.84. The molecule has 0 aliphatic heterocycles. The predicted octanol–water partition coefficient (Wildman–Crippen LogP) is 0.552. The highest BCUT2D eigenvalue weighted by atomic mass is 15.3. The SMILES string of the molecule is CC(N)CCN(C)CCn1cccn1. The van der Waals surface area contributed by atoms with E-state index in [0.29, 0.717) is 6.04 Å². The Hall–Kier alpha value is -0.870. The van der Waals surface area contributed by atoms with Crippen molar-refractivity contribution in [1.82, 2.24) is 14.7 Å². The van der Waals surface area contributed by atoms with Crippen molar-refractivity contribution in [3.8, 4) is 0 Å². The first kappa shape index (κ1) is 11.2. The van der Waals surface area contributed by atoms with Gasteiger partial charge in [-0.25, -0.2) is 0 Å². The van der Waals surface area contributed by atoms with Gasteiger partial charge in [-0.15, -0.1) is 0 Å². The van der Waals surface area contributed by atoms with Crippen LogP contribution in [-0.4, -0.2) is 40.9 Å². The van der Waals surface area contributed by atoms with Gasteiger partial charge in [0, 0.05) is 25.0 Å². The molecule has 4 heteroatoms. The maximum atomic E-state index is 5.69. The van der Waals surface area contributed by atoms with E-state index >= 15 is 0 Å². The Labute approximate surface area is 85.7 Å². The molecule has 4 nitrogen and oxygen atoms in total. The summed E-state index contributed by atoms with van der Waals surface area (Å²) in [5, 5.41) is 4.15. The number of hydrogen-bond acceptors (Lipinski definition) is 3. The predicted molar refractivity (Wildman–Crippen MR) is 58.0 cm³/mol. The van der Waals surface area contributed by atoms with Crippen molar-refractivity contribution in [2.75, 3.05) is 20.1 Å². The average molecular weight is 196 g/mol. The van der Waals surface area contributed by atoms with Crippen LogP contribution in [0.25, 0.3) is 0 Å². The van der Waals surface area contributed by atoms with Crippen LogP contribution in [0.1, 0.15) is 13.3 Å². The summed E-state index contributed by atoms with van der Waals surface area (Å²) in [6.07, 6.45) is 4.84. The fourth-order valence-corrected chi connectivity index (χ4v) is 1.24. The lowest BCUT2D eigenvalue weighted by Gasteiger charge is -2.17. The van der Waals surface area contributed by atoms with E-state index in [9.17, 15) is 0 Å². The summed E-state index contributed by atoms with van der Waals surface area (Å²) in [6.45, 7) is 5.07. The summed E-state index contributed by atoms with van der Waals surface area (Å²) < 4.78 is 1.95. The van der Waals surface area contributed by atoms with Gasteiger partial charge in [0.25, 0.3) is 0 Å². The molecule has 1 aromatic heterocycles. The van der Waals surface area contributed by atoms with Gasteiger partial charge in [-0.3, -0.25) is 4.68 Å². The first-order chi connectivity index (χ1) is 6.68. The monoisotopic (exact) mass is 196 g/mol. The maximum absolute atomic E-state index is 5.69. The number of aromatic nitrogens is 2. The van der Waals surface area contributed by atoms with Crippen LogP contribution in [0.3, 0.4) is 0 Å². The molecule has 0 saturated heterocycles. The van der Waals surface area contributed by atoms with Crippen LogP contribution >= 0.6 is 0 Å². The number of nitrogens with zero attached hydrogens (tertiary/aromatic N) is 3. The van der Waals surface area contributed by atoms with E-state index < -0.39 is 0 Å². The number of hydrogen-bond donors (Lipinski definition) is 1. The lowest BCUT2D eigenvalue weighted by Crippen LogP contribution is -2.28. The molecular formula is C10H20N4. The third-order valence-electron chi connectivity index (χ3n) is 2.24. The maximum Gasteiger partial charge on any atom is 0.0536 e. The molecule has 1 rings (SSSR count). The van der Waals surface area contributed by atoms with Gasteiger partial charge in [0.15, 0.2) is 0 Å². The van der Waals surface area contributed by atoms with Crippen molar-refractivity contribution < 1.29 is 0 Å². The first-order valence-corrected chi connectivity index (χ1v) is 5.10. The minimum absolute atomic E-state index is 0.294. The zero-order valence-corrected chi connectivity index (χ0v) is 9.06. The topological polar surface area (TPSA) is 47.1 Å². The van der Waals surface area contributed by atoms with Crippen LogP contribution in [0.2, 0.25) is 0 Å². The summed E-state index contributed by atoms with van der Waals surface area (Å²) in [5.74, 6) is 0. The standard InChI is InChI=1S/C10H20N4/c1-10(11)4-7-13(2)8-9-14-6-3-5-12-14/h3,5-6,10H,4,7-9,11H2,1-2H3. The highest BCUT2D eigenvalue weighted by Gasteiger charge is 2.00. The molecular weight excluding hydrogens is 176 g/mol. The van der Waals surface area contributed by atoms with Gasteiger partial charge in [-0.2, -0.15) is 5.10 Å². The van der Waals surface area contributed by atoms with Gasteiger partial charge in [0.1, 0.15) is 0 Å². The van der Waals surface area contributed by atoms with E-state index in [1.54, 1.807) is 0 Å². The highest BCUT2D eigenvalue weighted by molar-refractivity contribution is 4.77. The zero-order chi connectivity index (χ0) is 10.4. The first-order valence-electron chi connectivity index (χ1n) is 5.10.